The second-order valence-corrected chi connectivity index (χ2v) is 7.39. The van der Waals surface area contributed by atoms with Crippen LogP contribution in [0.4, 0.5) is 9.52 Å². The summed E-state index contributed by atoms with van der Waals surface area (Å²) < 4.78 is 13.7. The van der Waals surface area contributed by atoms with Crippen molar-refractivity contribution in [3.05, 3.63) is 64.9 Å². The molecule has 0 aliphatic carbocycles. The van der Waals surface area contributed by atoms with E-state index in [-0.39, 0.29) is 17.5 Å². The van der Waals surface area contributed by atoms with Gasteiger partial charge in [0.05, 0.1) is 5.75 Å². The molecule has 1 heterocycles. The molecule has 0 fully saturated rings. The Bertz CT molecular complexity index is 853. The summed E-state index contributed by atoms with van der Waals surface area (Å²) in [5, 5.41) is 12.3. The highest BCUT2D eigenvalue weighted by atomic mass is 35.5. The van der Waals surface area contributed by atoms with Gasteiger partial charge in [-0.3, -0.25) is 10.1 Å². The predicted octanol–water partition coefficient (Wildman–Crippen LogP) is 4.87. The Morgan fingerprint density at radius 1 is 1.16 bits per heavy atom. The molecule has 0 spiro atoms. The number of hydrogen-bond donors (Lipinski definition) is 1. The molecule has 0 unspecified atom stereocenters. The highest BCUT2D eigenvalue weighted by molar-refractivity contribution is 7.99. The minimum Gasteiger partial charge on any atom is -0.300 e. The van der Waals surface area contributed by atoms with E-state index >= 15 is 0 Å². The molecule has 8 heteroatoms. The number of carbonyl (C=O) groups excluding carboxylic acids is 1. The summed E-state index contributed by atoms with van der Waals surface area (Å²) in [6, 6.07) is 14.2. The third-order valence-electron chi connectivity index (χ3n) is 3.23. The topological polar surface area (TPSA) is 54.9 Å². The molecule has 0 atom stereocenters. The molecule has 3 rings (SSSR count). The van der Waals surface area contributed by atoms with E-state index < -0.39 is 0 Å². The van der Waals surface area contributed by atoms with Gasteiger partial charge in [-0.1, -0.05) is 59.3 Å². The van der Waals surface area contributed by atoms with E-state index in [1.54, 1.807) is 12.1 Å². The molecular weight excluding hydrogens is 381 g/mol. The summed E-state index contributed by atoms with van der Waals surface area (Å²) in [6.45, 7) is 0. The van der Waals surface area contributed by atoms with Crippen LogP contribution in [0.25, 0.3) is 10.6 Å². The molecule has 0 aliphatic rings. The Balaban J connectivity index is 1.52. The number of amides is 1. The summed E-state index contributed by atoms with van der Waals surface area (Å²) in [6.07, 6.45) is 0. The van der Waals surface area contributed by atoms with Crippen LogP contribution >= 0.6 is 34.7 Å². The number of hydrogen-bond acceptors (Lipinski definition) is 5. The Hall–Kier alpha value is -1.96. The van der Waals surface area contributed by atoms with Gasteiger partial charge in [0.2, 0.25) is 11.0 Å². The van der Waals surface area contributed by atoms with Gasteiger partial charge in [0.15, 0.2) is 0 Å². The summed E-state index contributed by atoms with van der Waals surface area (Å²) in [5.41, 5.74) is 1.35. The van der Waals surface area contributed by atoms with E-state index in [1.807, 2.05) is 30.3 Å². The molecule has 4 nitrogen and oxygen atoms in total. The average Bonchev–Trinajstić information content (AvgIpc) is 3.07. The molecule has 0 radical (unpaired) electrons. The van der Waals surface area contributed by atoms with Gasteiger partial charge in [-0.15, -0.1) is 22.0 Å². The maximum atomic E-state index is 13.7. The minimum absolute atomic E-state index is 0.172. The lowest BCUT2D eigenvalue weighted by Crippen LogP contribution is -2.14. The highest BCUT2D eigenvalue weighted by Gasteiger charge is 2.11. The van der Waals surface area contributed by atoms with E-state index in [4.69, 9.17) is 11.6 Å². The molecule has 0 aliphatic heterocycles. The fraction of sp³-hybridized carbons (Fsp3) is 0.118. The van der Waals surface area contributed by atoms with Crippen molar-refractivity contribution >= 4 is 45.7 Å². The number of carbonyl (C=O) groups is 1. The summed E-state index contributed by atoms with van der Waals surface area (Å²) >= 11 is 8.55. The van der Waals surface area contributed by atoms with Crippen LogP contribution in [0.1, 0.15) is 5.56 Å². The van der Waals surface area contributed by atoms with Crippen molar-refractivity contribution in [3.8, 4) is 10.6 Å². The van der Waals surface area contributed by atoms with Gasteiger partial charge in [-0.05, 0) is 12.1 Å². The highest BCUT2D eigenvalue weighted by Crippen LogP contribution is 2.27. The van der Waals surface area contributed by atoms with Crippen LogP contribution in [0.3, 0.4) is 0 Å². The smallest absolute Gasteiger partial charge is 0.236 e. The third-order valence-corrected chi connectivity index (χ3v) is 5.43. The van der Waals surface area contributed by atoms with Crippen LogP contribution in [0.15, 0.2) is 48.5 Å². The molecule has 0 bridgehead atoms. The first kappa shape index (κ1) is 17.8. The fourth-order valence-electron chi connectivity index (χ4n) is 2.04. The summed E-state index contributed by atoms with van der Waals surface area (Å²) in [5.74, 6) is -0.0832. The van der Waals surface area contributed by atoms with Gasteiger partial charge in [-0.25, -0.2) is 4.39 Å². The quantitative estimate of drug-likeness (QED) is 0.649. The van der Waals surface area contributed by atoms with Crippen molar-refractivity contribution in [2.24, 2.45) is 0 Å². The summed E-state index contributed by atoms with van der Waals surface area (Å²) in [4.78, 5) is 12.0. The molecule has 0 saturated carbocycles. The van der Waals surface area contributed by atoms with E-state index in [0.29, 0.717) is 21.5 Å². The Morgan fingerprint density at radius 2 is 1.96 bits per heavy atom. The van der Waals surface area contributed by atoms with Crippen LogP contribution in [-0.4, -0.2) is 21.9 Å². The zero-order chi connectivity index (χ0) is 17.6. The Labute approximate surface area is 157 Å². The SMILES string of the molecule is O=C(CSCc1c(F)cccc1Cl)Nc1nnc(-c2ccccc2)s1. The lowest BCUT2D eigenvalue weighted by molar-refractivity contribution is -0.113. The number of halogens is 2. The minimum atomic E-state index is -0.364. The number of nitrogens with one attached hydrogen (secondary N) is 1. The first-order chi connectivity index (χ1) is 12.1. The molecular formula is C17H13ClFN3OS2. The number of benzene rings is 2. The molecule has 0 saturated heterocycles. The predicted molar refractivity (Wildman–Crippen MR) is 102 cm³/mol. The standard InChI is InChI=1S/C17H13ClFN3OS2/c18-13-7-4-8-14(19)12(13)9-24-10-15(23)20-17-22-21-16(25-17)11-5-2-1-3-6-11/h1-8H,9-10H2,(H,20,22,23). The molecule has 1 amide bonds. The van der Waals surface area contributed by atoms with Crippen molar-refractivity contribution in [1.82, 2.24) is 10.2 Å². The van der Waals surface area contributed by atoms with Crippen LogP contribution in [-0.2, 0) is 10.5 Å². The van der Waals surface area contributed by atoms with Gasteiger partial charge in [0.25, 0.3) is 0 Å². The van der Waals surface area contributed by atoms with Crippen molar-refractivity contribution in [3.63, 3.8) is 0 Å². The van der Waals surface area contributed by atoms with Crippen LogP contribution in [0.5, 0.6) is 0 Å². The maximum absolute atomic E-state index is 13.7. The second-order valence-electron chi connectivity index (χ2n) is 5.02. The second kappa shape index (κ2) is 8.42. The molecule has 3 aromatic rings. The largest absolute Gasteiger partial charge is 0.300 e. The van der Waals surface area contributed by atoms with Gasteiger partial charge < -0.3 is 0 Å². The molecule has 1 N–H and O–H groups in total. The maximum Gasteiger partial charge on any atom is 0.236 e. The number of rotatable bonds is 6. The molecule has 2 aromatic carbocycles. The summed E-state index contributed by atoms with van der Waals surface area (Å²) in [7, 11) is 0. The lowest BCUT2D eigenvalue weighted by Gasteiger charge is -2.05. The molecule has 25 heavy (non-hydrogen) atoms. The van der Waals surface area contributed by atoms with E-state index in [2.05, 4.69) is 15.5 Å². The normalized spacial score (nSPS) is 10.6. The number of aromatic nitrogens is 2. The fourth-order valence-corrected chi connectivity index (χ4v) is 3.97. The Kier molecular flexibility index (Phi) is 6.01. The van der Waals surface area contributed by atoms with Gasteiger partial charge in [0, 0.05) is 21.9 Å². The van der Waals surface area contributed by atoms with Crippen molar-refractivity contribution in [2.45, 2.75) is 5.75 Å². The van der Waals surface area contributed by atoms with Crippen LogP contribution < -0.4 is 5.32 Å². The van der Waals surface area contributed by atoms with Gasteiger partial charge in [-0.2, -0.15) is 0 Å². The third kappa shape index (κ3) is 4.78. The monoisotopic (exact) mass is 393 g/mol. The Morgan fingerprint density at radius 3 is 2.72 bits per heavy atom. The molecule has 128 valence electrons. The van der Waals surface area contributed by atoms with E-state index in [9.17, 15) is 9.18 Å². The zero-order valence-electron chi connectivity index (χ0n) is 12.9. The lowest BCUT2D eigenvalue weighted by atomic mass is 10.2. The number of anilines is 1. The first-order valence-electron chi connectivity index (χ1n) is 7.33. The zero-order valence-corrected chi connectivity index (χ0v) is 15.3. The van der Waals surface area contributed by atoms with Crippen LogP contribution in [0.2, 0.25) is 5.02 Å². The van der Waals surface area contributed by atoms with Crippen molar-refractivity contribution in [2.75, 3.05) is 11.1 Å². The van der Waals surface area contributed by atoms with Gasteiger partial charge in [0.1, 0.15) is 10.8 Å². The van der Waals surface area contributed by atoms with E-state index in [1.165, 1.54) is 29.2 Å². The van der Waals surface area contributed by atoms with E-state index in [0.717, 1.165) is 10.6 Å². The number of nitrogens with zero attached hydrogens (tertiary/aromatic N) is 2. The number of thioether (sulfide) groups is 1. The van der Waals surface area contributed by atoms with Crippen LogP contribution in [0, 0.1) is 5.82 Å². The van der Waals surface area contributed by atoms with Crippen molar-refractivity contribution < 1.29 is 9.18 Å². The average molecular weight is 394 g/mol. The molecule has 1 aromatic heterocycles. The first-order valence-corrected chi connectivity index (χ1v) is 9.68. The van der Waals surface area contributed by atoms with Crippen molar-refractivity contribution in [1.29, 1.82) is 0 Å². The van der Waals surface area contributed by atoms with Gasteiger partial charge >= 0.3 is 0 Å².